The van der Waals surface area contributed by atoms with Crippen LogP contribution in [0, 0.1) is 11.8 Å². The van der Waals surface area contributed by atoms with Crippen molar-refractivity contribution in [1.29, 1.82) is 0 Å². The number of hydrogen-bond acceptors (Lipinski definition) is 7. The molecule has 7 nitrogen and oxygen atoms in total. The Labute approximate surface area is 189 Å². The molecule has 0 amide bonds. The van der Waals surface area contributed by atoms with Gasteiger partial charge >= 0.3 is 5.97 Å². The highest BCUT2D eigenvalue weighted by molar-refractivity contribution is 5.90. The number of esters is 1. The van der Waals surface area contributed by atoms with E-state index in [1.54, 1.807) is 28.4 Å². The first-order chi connectivity index (χ1) is 15.3. The second kappa shape index (κ2) is 9.59. The quantitative estimate of drug-likeness (QED) is 0.473. The first-order valence-corrected chi connectivity index (χ1v) is 10.6. The topological polar surface area (TPSA) is 72.5 Å². The van der Waals surface area contributed by atoms with Gasteiger partial charge in [0.05, 0.1) is 35.5 Å². The highest BCUT2D eigenvalue weighted by atomic mass is 16.6. The number of fused-ring (bicyclic) bond motifs is 3. The van der Waals surface area contributed by atoms with Gasteiger partial charge in [-0.2, -0.15) is 0 Å². The van der Waals surface area contributed by atoms with Crippen molar-refractivity contribution in [2.24, 2.45) is 11.8 Å². The van der Waals surface area contributed by atoms with Crippen molar-refractivity contribution < 1.29 is 33.2 Å². The largest absolute Gasteiger partial charge is 0.493 e. The Hall–Kier alpha value is -3.09. The van der Waals surface area contributed by atoms with Gasteiger partial charge < -0.3 is 28.4 Å². The van der Waals surface area contributed by atoms with Gasteiger partial charge in [0.15, 0.2) is 23.0 Å². The third-order valence-corrected chi connectivity index (χ3v) is 6.17. The van der Waals surface area contributed by atoms with E-state index in [1.807, 2.05) is 12.1 Å². The Morgan fingerprint density at radius 3 is 1.47 bits per heavy atom. The summed E-state index contributed by atoms with van der Waals surface area (Å²) in [6, 6.07) is 3.93. The minimum Gasteiger partial charge on any atom is -0.493 e. The fraction of sp³-hybridized carbons (Fsp3) is 0.480. The fourth-order valence-electron chi connectivity index (χ4n) is 4.43. The summed E-state index contributed by atoms with van der Waals surface area (Å²) in [5.41, 5.74) is 3.53. The minimum absolute atomic E-state index is 0.308. The molecule has 1 aliphatic carbocycles. The lowest BCUT2D eigenvalue weighted by Gasteiger charge is -2.30. The maximum absolute atomic E-state index is 12.1. The van der Waals surface area contributed by atoms with Crippen molar-refractivity contribution in [3.8, 4) is 45.6 Å². The zero-order valence-electron chi connectivity index (χ0n) is 20.1. The predicted octanol–water partition coefficient (Wildman–Crippen LogP) is 4.69. The van der Waals surface area contributed by atoms with Gasteiger partial charge in [-0.05, 0) is 47.9 Å². The highest BCUT2D eigenvalue weighted by Crippen LogP contribution is 2.55. The van der Waals surface area contributed by atoms with Gasteiger partial charge in [-0.15, -0.1) is 0 Å². The Bertz CT molecular complexity index is 1010. The molecule has 0 heterocycles. The Morgan fingerprint density at radius 1 is 0.688 bits per heavy atom. The minimum atomic E-state index is -0.455. The van der Waals surface area contributed by atoms with Gasteiger partial charge in [0, 0.05) is 18.1 Å². The lowest BCUT2D eigenvalue weighted by atomic mass is 9.77. The molecule has 0 saturated heterocycles. The van der Waals surface area contributed by atoms with Gasteiger partial charge in [0.2, 0.25) is 11.5 Å². The van der Waals surface area contributed by atoms with Crippen LogP contribution in [0.5, 0.6) is 34.5 Å². The molecule has 0 aliphatic heterocycles. The van der Waals surface area contributed by atoms with Crippen molar-refractivity contribution >= 4 is 5.97 Å². The van der Waals surface area contributed by atoms with Crippen molar-refractivity contribution in [1.82, 2.24) is 0 Å². The molecule has 2 atom stereocenters. The first kappa shape index (κ1) is 23.6. The van der Waals surface area contributed by atoms with Crippen LogP contribution in [-0.2, 0) is 17.6 Å². The number of carbonyl (C=O) groups excluding carboxylic acids is 1. The smallest absolute Gasteiger partial charge is 0.308 e. The third-order valence-electron chi connectivity index (χ3n) is 6.17. The Morgan fingerprint density at radius 2 is 1.09 bits per heavy atom. The molecule has 7 heteroatoms. The van der Waals surface area contributed by atoms with E-state index in [2.05, 4.69) is 13.8 Å². The summed E-state index contributed by atoms with van der Waals surface area (Å²) in [6.07, 6.45) is 1.56. The van der Waals surface area contributed by atoms with E-state index in [0.29, 0.717) is 46.3 Å². The molecule has 0 aromatic heterocycles. The van der Waals surface area contributed by atoms with E-state index in [1.165, 1.54) is 14.0 Å². The molecule has 0 unspecified atom stereocenters. The molecule has 2 aromatic carbocycles. The van der Waals surface area contributed by atoms with Gasteiger partial charge in [0.1, 0.15) is 0 Å². The number of methoxy groups -OCH3 is 5. The number of hydrogen-bond donors (Lipinski definition) is 0. The highest BCUT2D eigenvalue weighted by Gasteiger charge is 2.33. The summed E-state index contributed by atoms with van der Waals surface area (Å²) in [4.78, 5) is 12.1. The van der Waals surface area contributed by atoms with Crippen LogP contribution in [0.3, 0.4) is 0 Å². The molecule has 0 fully saturated rings. The van der Waals surface area contributed by atoms with Crippen molar-refractivity contribution in [3.05, 3.63) is 23.3 Å². The van der Waals surface area contributed by atoms with Crippen LogP contribution in [0.15, 0.2) is 12.1 Å². The fourth-order valence-corrected chi connectivity index (χ4v) is 4.43. The van der Waals surface area contributed by atoms with E-state index in [4.69, 9.17) is 28.4 Å². The Kier molecular flexibility index (Phi) is 7.06. The molecular weight excluding hydrogens is 412 g/mol. The lowest BCUT2D eigenvalue weighted by Crippen LogP contribution is -2.19. The second-order valence-electron chi connectivity index (χ2n) is 8.11. The molecule has 174 valence electrons. The predicted molar refractivity (Wildman–Crippen MR) is 122 cm³/mol. The number of ether oxygens (including phenoxy) is 6. The van der Waals surface area contributed by atoms with Gasteiger partial charge in [-0.3, -0.25) is 4.79 Å². The summed E-state index contributed by atoms with van der Waals surface area (Å²) in [6.45, 7) is 5.82. The molecule has 2 aromatic rings. The van der Waals surface area contributed by atoms with Gasteiger partial charge in [-0.1, -0.05) is 13.8 Å². The monoisotopic (exact) mass is 444 g/mol. The van der Waals surface area contributed by atoms with Crippen molar-refractivity contribution in [3.63, 3.8) is 0 Å². The number of carbonyl (C=O) groups is 1. The van der Waals surface area contributed by atoms with E-state index >= 15 is 0 Å². The molecule has 0 bridgehead atoms. The van der Waals surface area contributed by atoms with Crippen LogP contribution >= 0.6 is 0 Å². The molecule has 3 rings (SSSR count). The maximum Gasteiger partial charge on any atom is 0.308 e. The van der Waals surface area contributed by atoms with E-state index in [0.717, 1.165) is 35.1 Å². The van der Waals surface area contributed by atoms with E-state index in [-0.39, 0.29) is 0 Å². The third kappa shape index (κ3) is 4.04. The summed E-state index contributed by atoms with van der Waals surface area (Å²) in [5, 5.41) is 0. The van der Waals surface area contributed by atoms with Crippen LogP contribution in [-0.4, -0.2) is 41.5 Å². The standard InChI is InChI=1S/C25H32O7/c1-13-9-16-11-18(27-4)22(29-6)24(31-8)20(16)21-17(10-14(13)2)12-19(28-5)23(30-7)25(21)32-15(3)26/h11-14H,9-10H2,1-8H3/t13-,14+/m1/s1. The zero-order chi connectivity index (χ0) is 23.6. The molecule has 32 heavy (non-hydrogen) atoms. The molecule has 0 saturated carbocycles. The lowest BCUT2D eigenvalue weighted by molar-refractivity contribution is -0.131. The van der Waals surface area contributed by atoms with Crippen molar-refractivity contribution in [2.75, 3.05) is 35.5 Å². The summed E-state index contributed by atoms with van der Waals surface area (Å²) >= 11 is 0. The second-order valence-corrected chi connectivity index (χ2v) is 8.11. The van der Waals surface area contributed by atoms with E-state index < -0.39 is 5.97 Å². The van der Waals surface area contributed by atoms with Gasteiger partial charge in [-0.25, -0.2) is 0 Å². The summed E-state index contributed by atoms with van der Waals surface area (Å²) in [5.74, 6) is 3.04. The maximum atomic E-state index is 12.1. The number of benzene rings is 2. The summed E-state index contributed by atoms with van der Waals surface area (Å²) in [7, 11) is 7.86. The van der Waals surface area contributed by atoms with Crippen LogP contribution in [0.25, 0.3) is 11.1 Å². The van der Waals surface area contributed by atoms with Crippen LogP contribution in [0.4, 0.5) is 0 Å². The Balaban J connectivity index is 2.54. The molecular formula is C25H32O7. The van der Waals surface area contributed by atoms with Crippen LogP contribution < -0.4 is 28.4 Å². The molecule has 0 N–H and O–H groups in total. The average Bonchev–Trinajstić information content (AvgIpc) is 2.76. The van der Waals surface area contributed by atoms with E-state index in [9.17, 15) is 4.79 Å². The van der Waals surface area contributed by atoms with Crippen LogP contribution in [0.1, 0.15) is 31.9 Å². The number of rotatable bonds is 6. The zero-order valence-corrected chi connectivity index (χ0v) is 20.1. The SMILES string of the molecule is COc1cc2c(c(OC)c1OC)-c1c(cc(OC)c(OC)c1OC(C)=O)C[C@H](C)[C@H](C)C2. The molecule has 0 radical (unpaired) electrons. The summed E-state index contributed by atoms with van der Waals surface area (Å²) < 4.78 is 34.1. The average molecular weight is 445 g/mol. The molecule has 0 spiro atoms. The van der Waals surface area contributed by atoms with Gasteiger partial charge in [0.25, 0.3) is 0 Å². The van der Waals surface area contributed by atoms with Crippen molar-refractivity contribution in [2.45, 2.75) is 33.6 Å². The first-order valence-electron chi connectivity index (χ1n) is 10.6. The molecule has 1 aliphatic rings. The normalized spacial score (nSPS) is 17.2. The van der Waals surface area contributed by atoms with Crippen LogP contribution in [0.2, 0.25) is 0 Å².